The lowest BCUT2D eigenvalue weighted by Crippen LogP contribution is -2.14. The van der Waals surface area contributed by atoms with E-state index in [9.17, 15) is 13.5 Å². The number of sulfonamides is 1. The minimum atomic E-state index is -4.15. The molecule has 0 radical (unpaired) electrons. The van der Waals surface area contributed by atoms with Gasteiger partial charge in [0.25, 0.3) is 10.0 Å². The second kappa shape index (κ2) is 6.22. The number of benzene rings is 2. The van der Waals surface area contributed by atoms with Crippen molar-refractivity contribution >= 4 is 66.4 Å². The molecule has 0 fully saturated rings. The van der Waals surface area contributed by atoms with Crippen molar-refractivity contribution in [2.24, 2.45) is 0 Å². The molecule has 0 aliphatic carbocycles. The molecule has 4 nitrogen and oxygen atoms in total. The van der Waals surface area contributed by atoms with E-state index in [0.29, 0.717) is 5.69 Å². The fraction of sp³-hybridized carbons (Fsp3) is 0. The van der Waals surface area contributed by atoms with Gasteiger partial charge in [0.15, 0.2) is 10.6 Å². The van der Waals surface area contributed by atoms with Gasteiger partial charge in [0.2, 0.25) is 0 Å². The Morgan fingerprint density at radius 3 is 2.19 bits per heavy atom. The van der Waals surface area contributed by atoms with E-state index in [1.165, 1.54) is 6.07 Å². The van der Waals surface area contributed by atoms with Crippen LogP contribution >= 0.6 is 50.7 Å². The predicted molar refractivity (Wildman–Crippen MR) is 88.1 cm³/mol. The van der Waals surface area contributed by atoms with Gasteiger partial charge in [-0.1, -0.05) is 50.7 Å². The summed E-state index contributed by atoms with van der Waals surface area (Å²) in [6.07, 6.45) is 0. The molecule has 112 valence electrons. The Kier molecular flexibility index (Phi) is 4.95. The molecule has 2 N–H and O–H groups in total. The monoisotopic (exact) mass is 429 g/mol. The van der Waals surface area contributed by atoms with Crippen LogP contribution in [-0.4, -0.2) is 13.5 Å². The predicted octanol–water partition coefficient (Wildman–Crippen LogP) is 4.92. The van der Waals surface area contributed by atoms with Crippen molar-refractivity contribution in [3.8, 4) is 5.75 Å². The number of hydrogen-bond donors (Lipinski definition) is 2. The number of rotatable bonds is 3. The van der Waals surface area contributed by atoms with Crippen LogP contribution in [0.5, 0.6) is 5.75 Å². The van der Waals surface area contributed by atoms with Crippen LogP contribution in [0.1, 0.15) is 0 Å². The molecule has 2 rings (SSSR count). The minimum Gasteiger partial charge on any atom is -0.505 e. The number of phenols is 1. The Bertz CT molecular complexity index is 768. The highest BCUT2D eigenvalue weighted by atomic mass is 79.9. The molecule has 0 aliphatic heterocycles. The van der Waals surface area contributed by atoms with Crippen molar-refractivity contribution in [2.45, 2.75) is 4.90 Å². The standard InChI is InChI=1S/C12H7BrCl3NO3S/c13-6-1-3-7(4-2-6)17-21(19,20)12-10(16)8(14)5-9(15)11(12)18/h1-5,17-18H. The molecular formula is C12H7BrCl3NO3S. The molecule has 0 saturated heterocycles. The fourth-order valence-electron chi connectivity index (χ4n) is 1.53. The Labute approximate surface area is 144 Å². The highest BCUT2D eigenvalue weighted by Gasteiger charge is 2.26. The van der Waals surface area contributed by atoms with Crippen LogP contribution in [0.2, 0.25) is 15.1 Å². The summed E-state index contributed by atoms with van der Waals surface area (Å²) in [6.45, 7) is 0. The molecule has 0 bridgehead atoms. The van der Waals surface area contributed by atoms with Crippen molar-refractivity contribution in [3.63, 3.8) is 0 Å². The zero-order chi connectivity index (χ0) is 15.8. The number of anilines is 1. The first kappa shape index (κ1) is 16.7. The molecule has 0 amide bonds. The number of phenolic OH excluding ortho intramolecular Hbond substituents is 1. The summed E-state index contributed by atoms with van der Waals surface area (Å²) in [7, 11) is -4.15. The zero-order valence-electron chi connectivity index (χ0n) is 10.1. The van der Waals surface area contributed by atoms with Gasteiger partial charge >= 0.3 is 0 Å². The molecule has 0 unspecified atom stereocenters. The highest BCUT2D eigenvalue weighted by molar-refractivity contribution is 9.10. The van der Waals surface area contributed by atoms with Crippen LogP contribution in [0, 0.1) is 0 Å². The number of halogens is 4. The topological polar surface area (TPSA) is 66.4 Å². The third-order valence-corrected chi connectivity index (χ3v) is 5.62. The van der Waals surface area contributed by atoms with Gasteiger partial charge in [-0.15, -0.1) is 0 Å². The summed E-state index contributed by atoms with van der Waals surface area (Å²) in [5.41, 5.74) is 0.296. The first-order valence-corrected chi connectivity index (χ1v) is 8.78. The van der Waals surface area contributed by atoms with E-state index in [4.69, 9.17) is 34.8 Å². The van der Waals surface area contributed by atoms with Crippen LogP contribution < -0.4 is 4.72 Å². The van der Waals surface area contributed by atoms with Gasteiger partial charge in [0, 0.05) is 10.2 Å². The van der Waals surface area contributed by atoms with Crippen LogP contribution in [0.15, 0.2) is 39.7 Å². The average Bonchev–Trinajstić information content (AvgIpc) is 2.39. The van der Waals surface area contributed by atoms with Gasteiger partial charge in [-0.05, 0) is 30.3 Å². The van der Waals surface area contributed by atoms with Crippen molar-refractivity contribution in [3.05, 3.63) is 49.9 Å². The first-order chi connectivity index (χ1) is 9.72. The maximum atomic E-state index is 12.3. The van der Waals surface area contributed by atoms with Crippen molar-refractivity contribution in [2.75, 3.05) is 4.72 Å². The number of hydrogen-bond acceptors (Lipinski definition) is 3. The summed E-state index contributed by atoms with van der Waals surface area (Å²) in [5.74, 6) is -0.657. The van der Waals surface area contributed by atoms with Crippen LogP contribution in [-0.2, 0) is 10.0 Å². The third-order valence-electron chi connectivity index (χ3n) is 2.47. The van der Waals surface area contributed by atoms with E-state index in [1.807, 2.05) is 0 Å². The molecule has 0 heterocycles. The molecule has 2 aromatic rings. The number of aromatic hydroxyl groups is 1. The van der Waals surface area contributed by atoms with Gasteiger partial charge in [-0.2, -0.15) is 0 Å². The molecule has 0 aromatic heterocycles. The largest absolute Gasteiger partial charge is 0.505 e. The van der Waals surface area contributed by atoms with Gasteiger partial charge in [-0.3, -0.25) is 4.72 Å². The van der Waals surface area contributed by atoms with E-state index in [1.54, 1.807) is 24.3 Å². The fourth-order valence-corrected chi connectivity index (χ4v) is 4.08. The minimum absolute atomic E-state index is 0.0735. The number of nitrogens with one attached hydrogen (secondary N) is 1. The average molecular weight is 432 g/mol. The first-order valence-electron chi connectivity index (χ1n) is 5.37. The summed E-state index contributed by atoms with van der Waals surface area (Å²) >= 11 is 20.6. The molecule has 2 aromatic carbocycles. The lowest BCUT2D eigenvalue weighted by Gasteiger charge is -2.13. The van der Waals surface area contributed by atoms with E-state index in [0.717, 1.165) is 4.47 Å². The maximum Gasteiger partial charge on any atom is 0.267 e. The SMILES string of the molecule is O=S(=O)(Nc1ccc(Br)cc1)c1c(O)c(Cl)cc(Cl)c1Cl. The van der Waals surface area contributed by atoms with Gasteiger partial charge in [0.1, 0.15) is 0 Å². The summed E-state index contributed by atoms with van der Waals surface area (Å²) in [4.78, 5) is -0.565. The van der Waals surface area contributed by atoms with Gasteiger partial charge in [-0.25, -0.2) is 8.42 Å². The Balaban J connectivity index is 2.52. The zero-order valence-corrected chi connectivity index (χ0v) is 14.7. The molecule has 0 atom stereocenters. The van der Waals surface area contributed by atoms with E-state index in [-0.39, 0.29) is 15.1 Å². The van der Waals surface area contributed by atoms with Gasteiger partial charge < -0.3 is 5.11 Å². The van der Waals surface area contributed by atoms with Crippen LogP contribution in [0.3, 0.4) is 0 Å². The van der Waals surface area contributed by atoms with Crippen molar-refractivity contribution in [1.82, 2.24) is 0 Å². The lowest BCUT2D eigenvalue weighted by atomic mass is 10.3. The van der Waals surface area contributed by atoms with Gasteiger partial charge in [0.05, 0.1) is 15.1 Å². The van der Waals surface area contributed by atoms with Crippen LogP contribution in [0.4, 0.5) is 5.69 Å². The quantitative estimate of drug-likeness (QED) is 0.678. The van der Waals surface area contributed by atoms with E-state index in [2.05, 4.69) is 20.7 Å². The Morgan fingerprint density at radius 1 is 1.05 bits per heavy atom. The smallest absolute Gasteiger partial charge is 0.267 e. The summed E-state index contributed by atoms with van der Waals surface area (Å²) in [5, 5.41) is 9.28. The second-order valence-corrected chi connectivity index (χ2v) is 7.67. The third kappa shape index (κ3) is 3.57. The maximum absolute atomic E-state index is 12.3. The second-order valence-electron chi connectivity index (χ2n) is 3.94. The molecule has 9 heteroatoms. The van der Waals surface area contributed by atoms with E-state index >= 15 is 0 Å². The summed E-state index contributed by atoms with van der Waals surface area (Å²) in [6, 6.07) is 7.56. The Morgan fingerprint density at radius 2 is 1.62 bits per heavy atom. The molecule has 0 spiro atoms. The lowest BCUT2D eigenvalue weighted by molar-refractivity contribution is 0.459. The van der Waals surface area contributed by atoms with Crippen molar-refractivity contribution in [1.29, 1.82) is 0 Å². The molecule has 0 saturated carbocycles. The normalized spacial score (nSPS) is 11.4. The van der Waals surface area contributed by atoms with E-state index < -0.39 is 20.7 Å². The Hall–Kier alpha value is -0.660. The van der Waals surface area contributed by atoms with Crippen molar-refractivity contribution < 1.29 is 13.5 Å². The molecular weight excluding hydrogens is 424 g/mol. The van der Waals surface area contributed by atoms with Crippen LogP contribution in [0.25, 0.3) is 0 Å². The molecule has 21 heavy (non-hydrogen) atoms. The highest BCUT2D eigenvalue weighted by Crippen LogP contribution is 2.41. The summed E-state index contributed by atoms with van der Waals surface area (Å²) < 4.78 is 27.8. The molecule has 0 aliphatic rings.